The number of hydrogen-bond donors (Lipinski definition) is 0. The van der Waals surface area contributed by atoms with Crippen LogP contribution in [0.4, 0.5) is 34.1 Å². The molecule has 0 fully saturated rings. The monoisotopic (exact) mass is 1140 g/mol. The second kappa shape index (κ2) is 21.3. The fourth-order valence-electron chi connectivity index (χ4n) is 13.7. The third kappa shape index (κ3) is 8.83. The Kier molecular flexibility index (Phi) is 12.4. The van der Waals surface area contributed by atoms with Crippen LogP contribution in [0.2, 0.25) is 0 Å². The van der Waals surface area contributed by atoms with Crippen LogP contribution in [-0.2, 0) is 0 Å². The van der Waals surface area contributed by atoms with Crippen molar-refractivity contribution in [3.05, 3.63) is 315 Å². The highest BCUT2D eigenvalue weighted by Gasteiger charge is 2.44. The van der Waals surface area contributed by atoms with E-state index in [9.17, 15) is 0 Å². The van der Waals surface area contributed by atoms with Gasteiger partial charge in [0, 0.05) is 78.2 Å². The maximum absolute atomic E-state index is 5.76. The van der Waals surface area contributed by atoms with Gasteiger partial charge >= 0.3 is 0 Å². The van der Waals surface area contributed by atoms with Gasteiger partial charge in [-0.3, -0.25) is 0 Å². The Morgan fingerprint density at radius 1 is 0.292 bits per heavy atom. The van der Waals surface area contributed by atoms with E-state index in [0.717, 1.165) is 112 Å². The number of aryl methyl sites for hydroxylation is 1. The second-order valence-corrected chi connectivity index (χ2v) is 23.0. The van der Waals surface area contributed by atoms with Crippen LogP contribution in [0.1, 0.15) is 5.56 Å². The molecular formula is C81H54BN7. The molecule has 0 unspecified atom stereocenters. The van der Waals surface area contributed by atoms with Gasteiger partial charge in [0.2, 0.25) is 0 Å². The predicted octanol–water partition coefficient (Wildman–Crippen LogP) is 18.4. The second-order valence-electron chi connectivity index (χ2n) is 23.0. The van der Waals surface area contributed by atoms with Crippen LogP contribution < -0.4 is 26.2 Å². The number of hydrogen-bond acceptors (Lipinski definition) is 6. The third-order valence-corrected chi connectivity index (χ3v) is 17.6. The van der Waals surface area contributed by atoms with Gasteiger partial charge < -0.3 is 14.4 Å². The van der Waals surface area contributed by atoms with Gasteiger partial charge in [-0.25, -0.2) is 19.9 Å². The summed E-state index contributed by atoms with van der Waals surface area (Å²) in [7, 11) is 0. The number of nitrogens with zero attached hydrogens (tertiary/aromatic N) is 7. The Hall–Kier alpha value is -11.7. The van der Waals surface area contributed by atoms with Crippen molar-refractivity contribution in [3.8, 4) is 84.6 Å². The summed E-state index contributed by atoms with van der Waals surface area (Å²) in [6, 6.07) is 111. The minimum Gasteiger partial charge on any atom is -0.311 e. The first-order valence-electron chi connectivity index (χ1n) is 30.3. The summed E-state index contributed by atoms with van der Waals surface area (Å²) < 4.78 is 2.38. The number of anilines is 6. The summed E-state index contributed by atoms with van der Waals surface area (Å²) in [4.78, 5) is 27.0. The average molecular weight is 1140 g/mol. The zero-order chi connectivity index (χ0) is 58.9. The smallest absolute Gasteiger partial charge is 0.252 e. The largest absolute Gasteiger partial charge is 0.311 e. The highest BCUT2D eigenvalue weighted by molar-refractivity contribution is 7.00. The molecule has 0 saturated heterocycles. The molecule has 12 aromatic carbocycles. The molecule has 2 aliphatic heterocycles. The van der Waals surface area contributed by atoms with Gasteiger partial charge in [-0.15, -0.1) is 0 Å². The Labute approximate surface area is 516 Å². The molecule has 2 aliphatic rings. The minimum atomic E-state index is -0.0343. The Morgan fingerprint density at radius 2 is 0.775 bits per heavy atom. The maximum atomic E-state index is 5.76. The number of fused-ring (bicyclic) bond motifs is 7. The van der Waals surface area contributed by atoms with E-state index in [1.54, 1.807) is 0 Å². The first-order chi connectivity index (χ1) is 44.1. The quantitative estimate of drug-likeness (QED) is 0.127. The molecule has 0 spiro atoms. The highest BCUT2D eigenvalue weighted by Crippen LogP contribution is 2.49. The summed E-state index contributed by atoms with van der Waals surface area (Å²) in [5, 5.41) is 2.35. The van der Waals surface area contributed by atoms with Crippen molar-refractivity contribution >= 4 is 79.0 Å². The van der Waals surface area contributed by atoms with Crippen LogP contribution in [0.15, 0.2) is 309 Å². The van der Waals surface area contributed by atoms with Gasteiger partial charge in [0.25, 0.3) is 6.71 Å². The Bertz CT molecular complexity index is 5160. The minimum absolute atomic E-state index is 0.0343. The van der Waals surface area contributed by atoms with Crippen LogP contribution in [0.3, 0.4) is 0 Å². The zero-order valence-corrected chi connectivity index (χ0v) is 48.7. The van der Waals surface area contributed by atoms with Crippen molar-refractivity contribution in [1.29, 1.82) is 0 Å². The lowest BCUT2D eigenvalue weighted by molar-refractivity contribution is 1.13. The van der Waals surface area contributed by atoms with Crippen molar-refractivity contribution in [2.75, 3.05) is 9.80 Å². The standard InChI is InChI=1S/C81H54BN7/c1-53-42-45-73-64(48-53)63-36-17-20-39-72(63)89(73)74-46-43-59(80-83-68(54-24-7-2-8-25-54)51-69(84-80)55-26-9-3-10-27-55)50-65(74)81-85-70(56-28-11-4-12-29-56)52-71(86-81)58-31-23-30-57(49-58)62-44-47-77-78-79(62)88(61-34-15-6-16-35-61)76-41-22-19-38-67(76)82(78)66-37-18-21-40-75(66)87(77)60-32-13-5-14-33-60/h2-52H,1H3. The Balaban J connectivity index is 0.901. The predicted molar refractivity (Wildman–Crippen MR) is 369 cm³/mol. The molecule has 5 heterocycles. The molecule has 0 N–H and O–H groups in total. The molecule has 416 valence electrons. The summed E-state index contributed by atoms with van der Waals surface area (Å²) in [6.07, 6.45) is 0. The summed E-state index contributed by atoms with van der Waals surface area (Å²) in [5.74, 6) is 1.17. The van der Waals surface area contributed by atoms with Gasteiger partial charge in [0.05, 0.1) is 45.2 Å². The van der Waals surface area contributed by atoms with Gasteiger partial charge in [-0.05, 0) is 126 Å². The van der Waals surface area contributed by atoms with E-state index in [1.165, 1.54) is 38.4 Å². The number of para-hydroxylation sites is 5. The molecule has 8 heteroatoms. The lowest BCUT2D eigenvalue weighted by Gasteiger charge is -2.45. The average Bonchev–Trinajstić information content (AvgIpc) is 1.25. The van der Waals surface area contributed by atoms with Crippen LogP contribution in [0, 0.1) is 6.92 Å². The molecule has 7 nitrogen and oxygen atoms in total. The molecule has 15 aromatic rings. The van der Waals surface area contributed by atoms with E-state index in [1.807, 2.05) is 12.1 Å². The van der Waals surface area contributed by atoms with Crippen LogP contribution in [-0.4, -0.2) is 31.2 Å². The van der Waals surface area contributed by atoms with Gasteiger partial charge in [-0.1, -0.05) is 218 Å². The molecule has 0 atom stereocenters. The molecule has 0 saturated carbocycles. The van der Waals surface area contributed by atoms with E-state index in [2.05, 4.69) is 319 Å². The lowest BCUT2D eigenvalue weighted by Crippen LogP contribution is -2.61. The first-order valence-corrected chi connectivity index (χ1v) is 30.3. The van der Waals surface area contributed by atoms with Crippen molar-refractivity contribution in [2.45, 2.75) is 6.92 Å². The Morgan fingerprint density at radius 3 is 1.40 bits per heavy atom. The normalized spacial score (nSPS) is 12.3. The molecule has 0 amide bonds. The van der Waals surface area contributed by atoms with Gasteiger partial charge in [0.1, 0.15) is 0 Å². The number of rotatable bonds is 10. The van der Waals surface area contributed by atoms with E-state index < -0.39 is 0 Å². The SMILES string of the molecule is Cc1ccc2c(c1)c1ccccc1n2-c1ccc(-c2nc(-c3ccccc3)cc(-c3ccccc3)n2)cc1-c1nc(-c2ccccc2)cc(-c2cccc(-c3ccc4c5c3N(c3ccccc3)c3ccccc3B5c3ccccc3N4c3ccccc3)c2)n1. The van der Waals surface area contributed by atoms with Crippen molar-refractivity contribution in [2.24, 2.45) is 0 Å². The zero-order valence-electron chi connectivity index (χ0n) is 48.7. The van der Waals surface area contributed by atoms with E-state index in [4.69, 9.17) is 19.9 Å². The first kappa shape index (κ1) is 51.7. The molecule has 3 aromatic heterocycles. The van der Waals surface area contributed by atoms with Crippen molar-refractivity contribution < 1.29 is 0 Å². The molecule has 89 heavy (non-hydrogen) atoms. The maximum Gasteiger partial charge on any atom is 0.252 e. The molecule has 0 aliphatic carbocycles. The third-order valence-electron chi connectivity index (χ3n) is 17.6. The summed E-state index contributed by atoms with van der Waals surface area (Å²) >= 11 is 0. The van der Waals surface area contributed by atoms with Gasteiger partial charge in [-0.2, -0.15) is 0 Å². The lowest BCUT2D eigenvalue weighted by atomic mass is 9.33. The van der Waals surface area contributed by atoms with Crippen LogP contribution >= 0.6 is 0 Å². The number of benzene rings is 12. The molecule has 17 rings (SSSR count). The molecule has 0 radical (unpaired) electrons. The van der Waals surface area contributed by atoms with E-state index >= 15 is 0 Å². The summed E-state index contributed by atoms with van der Waals surface area (Å²) in [6.45, 7) is 2.13. The highest BCUT2D eigenvalue weighted by atomic mass is 15.2. The molecule has 0 bridgehead atoms. The van der Waals surface area contributed by atoms with E-state index in [0.29, 0.717) is 11.6 Å². The topological polar surface area (TPSA) is 63.0 Å². The van der Waals surface area contributed by atoms with E-state index in [-0.39, 0.29) is 6.71 Å². The fraction of sp³-hybridized carbons (Fsp3) is 0.0123. The fourth-order valence-corrected chi connectivity index (χ4v) is 13.7. The van der Waals surface area contributed by atoms with Crippen molar-refractivity contribution in [3.63, 3.8) is 0 Å². The van der Waals surface area contributed by atoms with Crippen molar-refractivity contribution in [1.82, 2.24) is 24.5 Å². The van der Waals surface area contributed by atoms with Crippen LogP contribution in [0.5, 0.6) is 0 Å². The molecular weight excluding hydrogens is 1080 g/mol. The number of aromatic nitrogens is 5. The summed E-state index contributed by atoms with van der Waals surface area (Å²) in [5.41, 5.74) is 26.0. The van der Waals surface area contributed by atoms with Gasteiger partial charge in [0.15, 0.2) is 11.6 Å². The van der Waals surface area contributed by atoms with Crippen LogP contribution in [0.25, 0.3) is 106 Å².